The maximum absolute atomic E-state index is 14.7. The Labute approximate surface area is 391 Å². The summed E-state index contributed by atoms with van der Waals surface area (Å²) in [6.45, 7) is 22.6. The number of unbranched alkanes of at least 4 members (excludes halogenated alkanes) is 6. The molecule has 0 saturated heterocycles. The number of nitrogens with one attached hydrogen (secondary N) is 2. The number of amidine groups is 1. The van der Waals surface area contributed by atoms with Gasteiger partial charge >= 0.3 is 0 Å². The Morgan fingerprint density at radius 2 is 0.969 bits per heavy atom. The molecule has 3 heterocycles. The van der Waals surface area contributed by atoms with E-state index in [1.54, 1.807) is 0 Å². The molecule has 12 heteroatoms. The van der Waals surface area contributed by atoms with Gasteiger partial charge in [-0.2, -0.15) is 0 Å². The van der Waals surface area contributed by atoms with Gasteiger partial charge in [-0.25, -0.2) is 9.98 Å². The fraction of sp³-hybridized carbons (Fsp3) is 0.528. The maximum atomic E-state index is 14.7. The number of hydrogen-bond acceptors (Lipinski definition) is 10. The monoisotopic (exact) mass is 909 g/mol. The number of rotatable bonds is 27. The van der Waals surface area contributed by atoms with Gasteiger partial charge in [0.05, 0.1) is 72.4 Å². The molecule has 4 aromatic rings. The summed E-state index contributed by atoms with van der Waals surface area (Å²) in [4.78, 5) is 24.9. The van der Waals surface area contributed by atoms with Gasteiger partial charge in [-0.05, 0) is 85.9 Å². The van der Waals surface area contributed by atoms with Gasteiger partial charge in [0.2, 0.25) is 16.6 Å². The number of benzene rings is 3. The van der Waals surface area contributed by atoms with Crippen LogP contribution in [0, 0.1) is 0 Å². The highest BCUT2D eigenvalue weighted by Crippen LogP contribution is 2.47. The first-order valence-corrected chi connectivity index (χ1v) is 25.1. The lowest BCUT2D eigenvalue weighted by atomic mass is 9.87. The normalized spacial score (nSPS) is 14.3. The summed E-state index contributed by atoms with van der Waals surface area (Å²) in [6.07, 6.45) is 11.2. The van der Waals surface area contributed by atoms with Crippen LogP contribution >= 0.6 is 11.3 Å². The van der Waals surface area contributed by atoms with E-state index < -0.39 is 0 Å². The van der Waals surface area contributed by atoms with Gasteiger partial charge < -0.3 is 39.1 Å². The number of fused-ring (bicyclic) bond motifs is 2. The van der Waals surface area contributed by atoms with E-state index in [4.69, 9.17) is 38.4 Å². The van der Waals surface area contributed by atoms with Crippen molar-refractivity contribution in [1.29, 1.82) is 0 Å². The highest BCUT2D eigenvalue weighted by Gasteiger charge is 2.41. The molecule has 352 valence electrons. The van der Waals surface area contributed by atoms with Crippen LogP contribution in [0.15, 0.2) is 58.6 Å². The second kappa shape index (κ2) is 23.8. The van der Waals surface area contributed by atoms with Crippen molar-refractivity contribution in [2.45, 2.75) is 145 Å². The second-order valence-electron chi connectivity index (χ2n) is 17.8. The molecule has 1 aromatic heterocycles. The first kappa shape index (κ1) is 49.2. The van der Waals surface area contributed by atoms with E-state index in [2.05, 4.69) is 91.1 Å². The van der Waals surface area contributed by atoms with Gasteiger partial charge in [0.15, 0.2) is 23.0 Å². The molecule has 0 saturated carbocycles. The van der Waals surface area contributed by atoms with Crippen molar-refractivity contribution >= 4 is 49.8 Å². The Morgan fingerprint density at radius 1 is 0.554 bits per heavy atom. The summed E-state index contributed by atoms with van der Waals surface area (Å²) in [5.74, 6) is 3.68. The van der Waals surface area contributed by atoms with Crippen molar-refractivity contribution in [1.82, 2.24) is 15.6 Å². The van der Waals surface area contributed by atoms with E-state index in [-0.39, 0.29) is 11.3 Å². The van der Waals surface area contributed by atoms with Crippen LogP contribution < -0.4 is 39.1 Å². The zero-order chi connectivity index (χ0) is 46.3. The quantitative estimate of drug-likeness (QED) is 0.0563. The second-order valence-corrected chi connectivity index (χ2v) is 18.8. The molecule has 65 heavy (non-hydrogen) atoms. The molecule has 0 spiro atoms. The van der Waals surface area contributed by atoms with Gasteiger partial charge in [0.1, 0.15) is 5.84 Å². The Bertz CT molecular complexity index is 2280. The first-order chi connectivity index (χ1) is 31.5. The van der Waals surface area contributed by atoms with E-state index in [9.17, 15) is 4.79 Å². The lowest BCUT2D eigenvalue weighted by molar-refractivity contribution is -0.115. The fourth-order valence-electron chi connectivity index (χ4n) is 7.33. The molecule has 6 rings (SSSR count). The molecule has 0 radical (unpaired) electrons. The predicted molar refractivity (Wildman–Crippen MR) is 266 cm³/mol. The largest absolute Gasteiger partial charge is 0.490 e. The topological polar surface area (TPSA) is 122 Å². The van der Waals surface area contributed by atoms with Crippen molar-refractivity contribution in [3.63, 3.8) is 0 Å². The Hall–Kier alpha value is -5.23. The number of aliphatic imine (C=N–C) groups is 1. The Balaban J connectivity index is 1.59. The number of thiazole rings is 1. The number of carbonyl (C=O) groups is 1. The van der Waals surface area contributed by atoms with Crippen LogP contribution in [0.2, 0.25) is 0 Å². The minimum atomic E-state index is -0.267. The van der Waals surface area contributed by atoms with Crippen LogP contribution in [0.4, 0.5) is 5.13 Å². The van der Waals surface area contributed by atoms with Gasteiger partial charge in [-0.3, -0.25) is 4.79 Å². The number of nitrogens with zero attached hydrogens (tertiary/aromatic N) is 2. The summed E-state index contributed by atoms with van der Waals surface area (Å²) in [6, 6.07) is 14.2. The lowest BCUT2D eigenvalue weighted by Crippen LogP contribution is -2.22. The smallest absolute Gasteiger partial charge is 0.258 e. The van der Waals surface area contributed by atoms with Crippen LogP contribution in [0.25, 0.3) is 21.6 Å². The van der Waals surface area contributed by atoms with E-state index in [1.165, 1.54) is 16.9 Å². The molecular formula is C53H72N4O7S. The minimum absolute atomic E-state index is 0.0236. The third-order valence-corrected chi connectivity index (χ3v) is 12.2. The molecule has 2 aliphatic rings. The summed E-state index contributed by atoms with van der Waals surface area (Å²) < 4.78 is 39.8. The van der Waals surface area contributed by atoms with E-state index in [0.717, 1.165) is 87.3 Å². The minimum Gasteiger partial charge on any atom is -0.490 e. The molecule has 2 N–H and O–H groups in total. The summed E-state index contributed by atoms with van der Waals surface area (Å²) in [5, 5.41) is 7.46. The van der Waals surface area contributed by atoms with Gasteiger partial charge in [0, 0.05) is 11.1 Å². The molecule has 1 amide bonds. The molecule has 0 atom stereocenters. The van der Waals surface area contributed by atoms with Crippen LogP contribution in [0.1, 0.15) is 156 Å². The van der Waals surface area contributed by atoms with Crippen LogP contribution in [-0.4, -0.2) is 56.4 Å². The predicted octanol–water partition coefficient (Wildman–Crippen LogP) is 13.3. The van der Waals surface area contributed by atoms with Crippen molar-refractivity contribution in [3.8, 4) is 34.5 Å². The van der Waals surface area contributed by atoms with E-state index >= 15 is 0 Å². The number of carbonyl (C=O) groups excluding carboxylic acids is 1. The first-order valence-electron chi connectivity index (χ1n) is 24.3. The molecule has 0 aliphatic carbocycles. The Morgan fingerprint density at radius 3 is 1.38 bits per heavy atom. The number of amides is 1. The summed E-state index contributed by atoms with van der Waals surface area (Å²) in [5.41, 5.74) is 5.75. The van der Waals surface area contributed by atoms with Gasteiger partial charge in [-0.15, -0.1) is 0 Å². The molecule has 2 aliphatic heterocycles. The number of aromatic nitrogens is 1. The molecule has 0 fully saturated rings. The van der Waals surface area contributed by atoms with Crippen LogP contribution in [-0.2, 0) is 10.2 Å². The Kier molecular flexibility index (Phi) is 18.0. The zero-order valence-electron chi connectivity index (χ0n) is 40.4. The average Bonchev–Trinajstić information content (AvgIpc) is 3.98. The molecule has 11 nitrogen and oxygen atoms in total. The maximum Gasteiger partial charge on any atom is 0.258 e. The molecule has 0 unspecified atom stereocenters. The zero-order valence-corrected chi connectivity index (χ0v) is 41.2. The standard InChI is InChI=1S/C53H72N4O7S/c1-10-16-24-59-39-30-35(31-40(60-25-17-11-2)48(39)63-28-20-14-5)46-44-45(51(58)56-46)47(55-50(44)57-52-54-38-23-22-37(53(7,8)9)34-43(38)65-52)36-32-41(61-26-18-12-3)49(64-29-21-15-6)42(33-36)62-27-19-13-4/h22-23,30-34H,10-21,24-29H2,1-9H3,(H,56,58)(H,54,55,57). The van der Waals surface area contributed by atoms with Crippen molar-refractivity contribution < 1.29 is 33.2 Å². The van der Waals surface area contributed by atoms with Crippen molar-refractivity contribution in [3.05, 3.63) is 70.3 Å². The molecule has 3 aromatic carbocycles. The lowest BCUT2D eigenvalue weighted by Gasteiger charge is -2.20. The van der Waals surface area contributed by atoms with Crippen LogP contribution in [0.5, 0.6) is 34.5 Å². The number of hydrogen-bond donors (Lipinski definition) is 2. The van der Waals surface area contributed by atoms with Crippen molar-refractivity contribution in [2.75, 3.05) is 39.6 Å². The molecular weight excluding hydrogens is 837 g/mol. The summed E-state index contributed by atoms with van der Waals surface area (Å²) in [7, 11) is 0. The van der Waals surface area contributed by atoms with Crippen molar-refractivity contribution in [2.24, 2.45) is 4.99 Å². The highest BCUT2D eigenvalue weighted by atomic mass is 32.1. The molecule has 0 bridgehead atoms. The summed E-state index contributed by atoms with van der Waals surface area (Å²) >= 11 is 1.52. The third-order valence-electron chi connectivity index (χ3n) is 11.3. The SMILES string of the molecule is CCCCOc1cc(C2=C3C(=O)NC(c4cc(OCCCC)c(OCCCC)c(OCCCC)c4)=C3/C(=N/c3nc4ccc(C(C)(C)C)cc4s3)N2)cc(OCCCC)c1OCCCC. The number of ether oxygens (including phenoxy) is 6. The average molecular weight is 909 g/mol. The van der Waals surface area contributed by atoms with Crippen LogP contribution in [0.3, 0.4) is 0 Å². The van der Waals surface area contributed by atoms with E-state index in [0.29, 0.717) is 119 Å². The van der Waals surface area contributed by atoms with Gasteiger partial charge in [0.25, 0.3) is 5.91 Å². The van der Waals surface area contributed by atoms with Gasteiger partial charge in [-0.1, -0.05) is 118 Å². The fourth-order valence-corrected chi connectivity index (χ4v) is 8.22. The third kappa shape index (κ3) is 12.4. The highest BCUT2D eigenvalue weighted by molar-refractivity contribution is 7.22. The van der Waals surface area contributed by atoms with E-state index in [1.807, 2.05) is 24.3 Å².